The number of nitrogens with two attached hydrogens (primary N) is 1. The molecule has 1 aliphatic rings. The van der Waals surface area contributed by atoms with E-state index < -0.39 is 0 Å². The molecule has 1 unspecified atom stereocenters. The van der Waals surface area contributed by atoms with Crippen molar-refractivity contribution in [2.24, 2.45) is 5.73 Å². The Hall–Kier alpha value is -2.93. The van der Waals surface area contributed by atoms with Gasteiger partial charge in [0.1, 0.15) is 5.82 Å². The number of guanidine groups is 1. The van der Waals surface area contributed by atoms with Crippen molar-refractivity contribution >= 4 is 17.0 Å². The fraction of sp³-hybridized carbons (Fsp3) is 0.409. The normalized spacial score (nSPS) is 16.1. The second-order valence-corrected chi connectivity index (χ2v) is 7.67. The average Bonchev–Trinajstić information content (AvgIpc) is 3.14. The van der Waals surface area contributed by atoms with Crippen LogP contribution in [0.15, 0.2) is 42.6 Å². The van der Waals surface area contributed by atoms with Gasteiger partial charge in [0.15, 0.2) is 5.96 Å². The van der Waals surface area contributed by atoms with Gasteiger partial charge in [0.05, 0.1) is 29.3 Å². The van der Waals surface area contributed by atoms with Crippen molar-refractivity contribution in [1.82, 2.24) is 25.2 Å². The first kappa shape index (κ1) is 19.4. The minimum absolute atomic E-state index is 0.0366. The number of rotatable bonds is 8. The molecule has 4 rings (SSSR count). The topological polar surface area (TPSA) is 107 Å². The first-order valence-corrected chi connectivity index (χ1v) is 10.4. The molecule has 2 aromatic heterocycles. The lowest BCUT2D eigenvalue weighted by Crippen LogP contribution is -2.34. The Bertz CT molecular complexity index is 931. The summed E-state index contributed by atoms with van der Waals surface area (Å²) in [5, 5.41) is 10.2. The molecule has 1 aromatic carbocycles. The molecule has 1 atom stereocenters. The van der Waals surface area contributed by atoms with Crippen LogP contribution in [-0.2, 0) is 13.0 Å². The molecule has 152 valence electrons. The Morgan fingerprint density at radius 1 is 1.24 bits per heavy atom. The summed E-state index contributed by atoms with van der Waals surface area (Å²) in [5.74, 6) is 1.03. The number of pyridine rings is 1. The molecule has 5 N–H and O–H groups in total. The molecule has 0 saturated carbocycles. The van der Waals surface area contributed by atoms with Gasteiger partial charge < -0.3 is 16.0 Å². The van der Waals surface area contributed by atoms with Crippen molar-refractivity contribution in [2.45, 2.75) is 44.7 Å². The number of imidazole rings is 1. The molecular weight excluding hydrogens is 362 g/mol. The third kappa shape index (κ3) is 4.74. The number of aryl methyl sites for hydroxylation is 1. The number of aromatic amines is 1. The molecule has 0 amide bonds. The van der Waals surface area contributed by atoms with E-state index in [1.165, 1.54) is 17.7 Å². The second kappa shape index (κ2) is 9.05. The molecule has 0 aliphatic heterocycles. The summed E-state index contributed by atoms with van der Waals surface area (Å²) >= 11 is 0. The number of H-pyrrole nitrogens is 1. The van der Waals surface area contributed by atoms with Gasteiger partial charge in [-0.05, 0) is 62.4 Å². The van der Waals surface area contributed by atoms with E-state index in [1.807, 2.05) is 30.5 Å². The van der Waals surface area contributed by atoms with E-state index in [9.17, 15) is 0 Å². The zero-order chi connectivity index (χ0) is 20.1. The van der Waals surface area contributed by atoms with Crippen molar-refractivity contribution in [2.75, 3.05) is 13.1 Å². The summed E-state index contributed by atoms with van der Waals surface area (Å²) in [6, 6.07) is 12.7. The largest absolute Gasteiger partial charge is 0.370 e. The number of aromatic nitrogens is 3. The molecule has 0 radical (unpaired) electrons. The minimum atomic E-state index is 0.0366. The lowest BCUT2D eigenvalue weighted by Gasteiger charge is -2.34. The molecule has 3 aromatic rings. The first-order chi connectivity index (χ1) is 14.2. The maximum Gasteiger partial charge on any atom is 0.185 e. The lowest BCUT2D eigenvalue weighted by atomic mass is 9.90. The van der Waals surface area contributed by atoms with Crippen LogP contribution in [0.1, 0.15) is 48.8 Å². The number of benzene rings is 1. The van der Waals surface area contributed by atoms with Crippen LogP contribution in [0.25, 0.3) is 11.0 Å². The van der Waals surface area contributed by atoms with Crippen LogP contribution >= 0.6 is 0 Å². The maximum absolute atomic E-state index is 7.29. The fourth-order valence-corrected chi connectivity index (χ4v) is 4.22. The fourth-order valence-electron chi connectivity index (χ4n) is 4.22. The maximum atomic E-state index is 7.29. The Labute approximate surface area is 171 Å². The summed E-state index contributed by atoms with van der Waals surface area (Å²) < 4.78 is 0. The monoisotopic (exact) mass is 391 g/mol. The zero-order valence-corrected chi connectivity index (χ0v) is 16.7. The van der Waals surface area contributed by atoms with E-state index in [0.717, 1.165) is 62.2 Å². The van der Waals surface area contributed by atoms with Gasteiger partial charge in [-0.3, -0.25) is 15.3 Å². The van der Waals surface area contributed by atoms with Gasteiger partial charge in [-0.2, -0.15) is 0 Å². The standard InChI is InChI=1S/C22H29N7/c23-22(24)26-12-3-4-14-29(15-20-27-17-9-1-2-10-18(17)28-20)19-11-5-7-16-8-6-13-25-21(16)19/h1-2,6,8-10,13,19H,3-5,7,11-12,14-15H2,(H,27,28)(H4,23,24,26). The Kier molecular flexibility index (Phi) is 6.05. The molecule has 7 heteroatoms. The van der Waals surface area contributed by atoms with Crippen molar-refractivity contribution < 1.29 is 0 Å². The molecule has 1 aliphatic carbocycles. The van der Waals surface area contributed by atoms with Crippen LogP contribution in [0.2, 0.25) is 0 Å². The Morgan fingerprint density at radius 3 is 3.00 bits per heavy atom. The summed E-state index contributed by atoms with van der Waals surface area (Å²) in [7, 11) is 0. The number of hydrogen-bond donors (Lipinski definition) is 4. The van der Waals surface area contributed by atoms with Crippen molar-refractivity contribution in [1.29, 1.82) is 5.41 Å². The first-order valence-electron chi connectivity index (χ1n) is 10.4. The predicted octanol–water partition coefficient (Wildman–Crippen LogP) is 3.10. The number of unbranched alkanes of at least 4 members (excludes halogenated alkanes) is 1. The minimum Gasteiger partial charge on any atom is -0.370 e. The molecule has 0 fully saturated rings. The van der Waals surface area contributed by atoms with Gasteiger partial charge in [0.2, 0.25) is 0 Å². The van der Waals surface area contributed by atoms with Crippen LogP contribution in [0, 0.1) is 5.41 Å². The van der Waals surface area contributed by atoms with Gasteiger partial charge in [-0.1, -0.05) is 18.2 Å². The van der Waals surface area contributed by atoms with Crippen molar-refractivity contribution in [3.05, 3.63) is 59.7 Å². The molecule has 2 heterocycles. The van der Waals surface area contributed by atoms with Gasteiger partial charge in [0, 0.05) is 12.7 Å². The third-order valence-corrected chi connectivity index (χ3v) is 5.59. The number of nitrogens with zero attached hydrogens (tertiary/aromatic N) is 3. The van der Waals surface area contributed by atoms with Crippen LogP contribution < -0.4 is 11.1 Å². The van der Waals surface area contributed by atoms with E-state index >= 15 is 0 Å². The number of hydrogen-bond acceptors (Lipinski definition) is 4. The van der Waals surface area contributed by atoms with E-state index in [1.54, 1.807) is 0 Å². The highest BCUT2D eigenvalue weighted by molar-refractivity contribution is 5.74. The quantitative estimate of drug-likeness (QED) is 0.268. The van der Waals surface area contributed by atoms with Crippen LogP contribution in [0.4, 0.5) is 0 Å². The van der Waals surface area contributed by atoms with E-state index in [-0.39, 0.29) is 5.96 Å². The van der Waals surface area contributed by atoms with E-state index in [0.29, 0.717) is 6.04 Å². The average molecular weight is 392 g/mol. The Morgan fingerprint density at radius 2 is 2.14 bits per heavy atom. The highest BCUT2D eigenvalue weighted by Crippen LogP contribution is 2.33. The molecule has 0 saturated heterocycles. The van der Waals surface area contributed by atoms with E-state index in [4.69, 9.17) is 21.1 Å². The SMILES string of the molecule is N=C(N)NCCCCN(Cc1nc2ccccc2[nH]1)C1CCCc2cccnc21. The van der Waals surface area contributed by atoms with Gasteiger partial charge >= 0.3 is 0 Å². The van der Waals surface area contributed by atoms with Crippen LogP contribution in [0.5, 0.6) is 0 Å². The van der Waals surface area contributed by atoms with Gasteiger partial charge in [-0.15, -0.1) is 0 Å². The predicted molar refractivity (Wildman–Crippen MR) is 116 cm³/mol. The van der Waals surface area contributed by atoms with E-state index in [2.05, 4.69) is 27.3 Å². The van der Waals surface area contributed by atoms with Gasteiger partial charge in [-0.25, -0.2) is 4.98 Å². The van der Waals surface area contributed by atoms with Crippen molar-refractivity contribution in [3.63, 3.8) is 0 Å². The number of fused-ring (bicyclic) bond motifs is 2. The highest BCUT2D eigenvalue weighted by Gasteiger charge is 2.27. The lowest BCUT2D eigenvalue weighted by molar-refractivity contribution is 0.159. The Balaban J connectivity index is 1.51. The van der Waals surface area contributed by atoms with Crippen LogP contribution in [0.3, 0.4) is 0 Å². The molecule has 7 nitrogen and oxygen atoms in total. The highest BCUT2D eigenvalue weighted by atomic mass is 15.2. The number of nitrogens with one attached hydrogen (secondary N) is 3. The zero-order valence-electron chi connectivity index (χ0n) is 16.7. The third-order valence-electron chi connectivity index (χ3n) is 5.59. The molecular formula is C22H29N7. The summed E-state index contributed by atoms with van der Waals surface area (Å²) in [4.78, 5) is 15.5. The van der Waals surface area contributed by atoms with Crippen molar-refractivity contribution in [3.8, 4) is 0 Å². The summed E-state index contributed by atoms with van der Waals surface area (Å²) in [6.07, 6.45) is 7.33. The van der Waals surface area contributed by atoms with Gasteiger partial charge in [0.25, 0.3) is 0 Å². The van der Waals surface area contributed by atoms with Crippen LogP contribution in [-0.4, -0.2) is 38.9 Å². The summed E-state index contributed by atoms with van der Waals surface area (Å²) in [6.45, 7) is 2.46. The molecule has 0 spiro atoms. The smallest absolute Gasteiger partial charge is 0.185 e. The number of para-hydroxylation sites is 2. The molecule has 29 heavy (non-hydrogen) atoms. The summed E-state index contributed by atoms with van der Waals surface area (Å²) in [5.41, 5.74) is 10.1. The second-order valence-electron chi connectivity index (χ2n) is 7.67. The molecule has 0 bridgehead atoms.